The number of rotatable bonds is 6. The first-order valence-corrected chi connectivity index (χ1v) is 9.81. The molecule has 1 heterocycles. The Balaban J connectivity index is 1.64. The van der Waals surface area contributed by atoms with Gasteiger partial charge in [0, 0.05) is 11.1 Å². The summed E-state index contributed by atoms with van der Waals surface area (Å²) in [4.78, 5) is 12.1. The molecule has 1 N–H and O–H groups in total. The van der Waals surface area contributed by atoms with Crippen molar-refractivity contribution in [2.75, 3.05) is 5.32 Å². The SMILES string of the molecule is O=C(C=Cc1ccccc1Cl)Nc1nnc(CS(=O)(=O)c2ccccc2)o1. The quantitative estimate of drug-likeness (QED) is 0.633. The van der Waals surface area contributed by atoms with Crippen molar-refractivity contribution < 1.29 is 17.6 Å². The van der Waals surface area contributed by atoms with Crippen LogP contribution >= 0.6 is 11.6 Å². The second kappa shape index (κ2) is 8.15. The molecule has 138 valence electrons. The van der Waals surface area contributed by atoms with Crippen LogP contribution < -0.4 is 5.32 Å². The van der Waals surface area contributed by atoms with Crippen molar-refractivity contribution in [3.05, 3.63) is 77.2 Å². The van der Waals surface area contributed by atoms with Gasteiger partial charge in [-0.2, -0.15) is 0 Å². The number of amides is 1. The Hall–Kier alpha value is -2.97. The number of sulfone groups is 1. The van der Waals surface area contributed by atoms with Crippen LogP contribution in [0.15, 0.2) is 70.0 Å². The van der Waals surface area contributed by atoms with Gasteiger partial charge >= 0.3 is 6.01 Å². The molecule has 0 spiro atoms. The third kappa shape index (κ3) is 5.02. The molecule has 1 aromatic heterocycles. The highest BCUT2D eigenvalue weighted by atomic mass is 35.5. The van der Waals surface area contributed by atoms with Gasteiger partial charge in [0.05, 0.1) is 4.90 Å². The minimum Gasteiger partial charge on any atom is -0.407 e. The Bertz CT molecular complexity index is 1080. The lowest BCUT2D eigenvalue weighted by Gasteiger charge is -2.00. The first-order valence-electron chi connectivity index (χ1n) is 7.78. The second-order valence-electron chi connectivity index (χ2n) is 5.42. The van der Waals surface area contributed by atoms with Crippen LogP contribution in [0.5, 0.6) is 0 Å². The van der Waals surface area contributed by atoms with Crippen molar-refractivity contribution in [3.63, 3.8) is 0 Å². The molecular formula is C18H14ClN3O4S. The van der Waals surface area contributed by atoms with Crippen LogP contribution in [-0.4, -0.2) is 24.5 Å². The highest BCUT2D eigenvalue weighted by Crippen LogP contribution is 2.18. The molecule has 27 heavy (non-hydrogen) atoms. The topological polar surface area (TPSA) is 102 Å². The van der Waals surface area contributed by atoms with Crippen molar-refractivity contribution in [1.82, 2.24) is 10.2 Å². The minimum atomic E-state index is -3.62. The van der Waals surface area contributed by atoms with Crippen LogP contribution in [0.3, 0.4) is 0 Å². The second-order valence-corrected chi connectivity index (χ2v) is 7.81. The zero-order chi connectivity index (χ0) is 19.3. The third-order valence-corrected chi connectivity index (χ3v) is 5.39. The molecule has 3 aromatic rings. The van der Waals surface area contributed by atoms with Gasteiger partial charge in [0.2, 0.25) is 5.89 Å². The summed E-state index contributed by atoms with van der Waals surface area (Å²) < 4.78 is 29.8. The average molecular weight is 404 g/mol. The van der Waals surface area contributed by atoms with E-state index in [-0.39, 0.29) is 16.8 Å². The van der Waals surface area contributed by atoms with Gasteiger partial charge in [-0.15, -0.1) is 5.10 Å². The van der Waals surface area contributed by atoms with Crippen LogP contribution in [0, 0.1) is 0 Å². The summed E-state index contributed by atoms with van der Waals surface area (Å²) in [6.07, 6.45) is 2.79. The smallest absolute Gasteiger partial charge is 0.322 e. The van der Waals surface area contributed by atoms with E-state index in [2.05, 4.69) is 15.5 Å². The number of aromatic nitrogens is 2. The molecule has 1 amide bonds. The Morgan fingerprint density at radius 2 is 1.78 bits per heavy atom. The van der Waals surface area contributed by atoms with Crippen LogP contribution in [0.1, 0.15) is 11.5 Å². The number of anilines is 1. The number of nitrogens with zero attached hydrogens (tertiary/aromatic N) is 2. The van der Waals surface area contributed by atoms with Crippen LogP contribution in [-0.2, 0) is 20.4 Å². The van der Waals surface area contributed by atoms with E-state index >= 15 is 0 Å². The lowest BCUT2D eigenvalue weighted by atomic mass is 10.2. The van der Waals surface area contributed by atoms with E-state index in [1.165, 1.54) is 24.3 Å². The molecule has 0 aliphatic rings. The van der Waals surface area contributed by atoms with E-state index < -0.39 is 21.5 Å². The first kappa shape index (κ1) is 18.8. The van der Waals surface area contributed by atoms with E-state index in [9.17, 15) is 13.2 Å². The summed E-state index contributed by atoms with van der Waals surface area (Å²) in [6, 6.07) is 14.8. The number of hydrogen-bond acceptors (Lipinski definition) is 6. The van der Waals surface area contributed by atoms with Gasteiger partial charge in [0.15, 0.2) is 9.84 Å². The van der Waals surface area contributed by atoms with E-state index in [1.807, 2.05) is 0 Å². The number of carbonyl (C=O) groups is 1. The van der Waals surface area contributed by atoms with Crippen LogP contribution in [0.2, 0.25) is 5.02 Å². The maximum absolute atomic E-state index is 12.3. The van der Waals surface area contributed by atoms with Crippen molar-refractivity contribution >= 4 is 39.4 Å². The number of halogens is 1. The van der Waals surface area contributed by atoms with Gasteiger partial charge in [-0.3, -0.25) is 10.1 Å². The fourth-order valence-electron chi connectivity index (χ4n) is 2.16. The number of nitrogens with one attached hydrogen (secondary N) is 1. The zero-order valence-corrected chi connectivity index (χ0v) is 15.4. The summed E-state index contributed by atoms with van der Waals surface area (Å²) in [6.45, 7) is 0. The Kier molecular flexibility index (Phi) is 5.68. The molecular weight excluding hydrogens is 390 g/mol. The number of benzene rings is 2. The molecule has 0 aliphatic carbocycles. The maximum Gasteiger partial charge on any atom is 0.322 e. The third-order valence-electron chi connectivity index (χ3n) is 3.43. The largest absolute Gasteiger partial charge is 0.407 e. The molecule has 0 saturated heterocycles. The molecule has 0 radical (unpaired) electrons. The molecule has 3 rings (SSSR count). The lowest BCUT2D eigenvalue weighted by Crippen LogP contribution is -2.08. The number of carbonyl (C=O) groups excluding carboxylic acids is 1. The van der Waals surface area contributed by atoms with Crippen molar-refractivity contribution in [2.24, 2.45) is 0 Å². The van der Waals surface area contributed by atoms with Gasteiger partial charge in [-0.05, 0) is 29.8 Å². The Morgan fingerprint density at radius 3 is 2.52 bits per heavy atom. The van der Waals surface area contributed by atoms with E-state index in [4.69, 9.17) is 16.0 Å². The summed E-state index contributed by atoms with van der Waals surface area (Å²) in [5, 5.41) is 10.2. The Morgan fingerprint density at radius 1 is 1.07 bits per heavy atom. The highest BCUT2D eigenvalue weighted by molar-refractivity contribution is 7.90. The zero-order valence-electron chi connectivity index (χ0n) is 13.9. The number of hydrogen-bond donors (Lipinski definition) is 1. The Labute approximate surface area is 160 Å². The summed E-state index contributed by atoms with van der Waals surface area (Å²) in [5.41, 5.74) is 0.675. The van der Waals surface area contributed by atoms with Gasteiger partial charge in [0.1, 0.15) is 5.75 Å². The molecule has 0 fully saturated rings. The van der Waals surface area contributed by atoms with Crippen LogP contribution in [0.4, 0.5) is 6.01 Å². The predicted molar refractivity (Wildman–Crippen MR) is 101 cm³/mol. The summed E-state index contributed by atoms with van der Waals surface area (Å²) >= 11 is 6.00. The van der Waals surface area contributed by atoms with Crippen molar-refractivity contribution in [2.45, 2.75) is 10.6 Å². The van der Waals surface area contributed by atoms with Gasteiger partial charge in [-0.1, -0.05) is 53.1 Å². The van der Waals surface area contributed by atoms with Gasteiger partial charge in [0.25, 0.3) is 5.91 Å². The normalized spacial score (nSPS) is 11.6. The van der Waals surface area contributed by atoms with Crippen LogP contribution in [0.25, 0.3) is 6.08 Å². The van der Waals surface area contributed by atoms with E-state index in [0.717, 1.165) is 0 Å². The maximum atomic E-state index is 12.3. The molecule has 0 atom stereocenters. The molecule has 2 aromatic carbocycles. The average Bonchev–Trinajstić information content (AvgIpc) is 3.08. The van der Waals surface area contributed by atoms with E-state index in [1.54, 1.807) is 42.5 Å². The van der Waals surface area contributed by atoms with Gasteiger partial charge < -0.3 is 4.42 Å². The molecule has 0 aliphatic heterocycles. The molecule has 0 unspecified atom stereocenters. The van der Waals surface area contributed by atoms with Crippen molar-refractivity contribution in [1.29, 1.82) is 0 Å². The first-order chi connectivity index (χ1) is 12.9. The molecule has 9 heteroatoms. The standard InChI is InChI=1S/C18H14ClN3O4S/c19-15-9-5-4-6-13(15)10-11-16(23)20-18-22-21-17(26-18)12-27(24,25)14-7-2-1-3-8-14/h1-11H,12H2,(H,20,22,23). The monoisotopic (exact) mass is 403 g/mol. The van der Waals surface area contributed by atoms with Crippen molar-refractivity contribution in [3.8, 4) is 0 Å². The molecule has 0 bridgehead atoms. The predicted octanol–water partition coefficient (Wildman–Crippen LogP) is 3.35. The highest BCUT2D eigenvalue weighted by Gasteiger charge is 2.19. The molecule has 7 nitrogen and oxygen atoms in total. The summed E-state index contributed by atoms with van der Waals surface area (Å²) in [7, 11) is -3.62. The minimum absolute atomic E-state index is 0.121. The van der Waals surface area contributed by atoms with Gasteiger partial charge in [-0.25, -0.2) is 8.42 Å². The molecule has 0 saturated carbocycles. The van der Waals surface area contributed by atoms with E-state index in [0.29, 0.717) is 10.6 Å². The summed E-state index contributed by atoms with van der Waals surface area (Å²) in [5.74, 6) is -1.10. The fraction of sp³-hybridized carbons (Fsp3) is 0.0556. The fourth-order valence-corrected chi connectivity index (χ4v) is 3.54. The lowest BCUT2D eigenvalue weighted by molar-refractivity contribution is -0.112.